The van der Waals surface area contributed by atoms with E-state index >= 15 is 0 Å². The number of hydrogen-bond donors (Lipinski definition) is 2. The summed E-state index contributed by atoms with van der Waals surface area (Å²) in [5.41, 5.74) is 8.37. The van der Waals surface area contributed by atoms with Crippen molar-refractivity contribution in [3.8, 4) is 0 Å². The van der Waals surface area contributed by atoms with Gasteiger partial charge in [-0.05, 0) is 30.9 Å². The lowest BCUT2D eigenvalue weighted by Gasteiger charge is -2.30. The average Bonchev–Trinajstić information content (AvgIpc) is 2.70. The molecular weight excluding hydrogens is 212 g/mol. The van der Waals surface area contributed by atoms with E-state index in [0.29, 0.717) is 5.92 Å². The molecule has 1 aromatic rings. The van der Waals surface area contributed by atoms with Crippen LogP contribution in [0.3, 0.4) is 0 Å². The van der Waals surface area contributed by atoms with Crippen LogP contribution >= 0.6 is 0 Å². The highest BCUT2D eigenvalue weighted by Crippen LogP contribution is 2.33. The number of hydrogen-bond acceptors (Lipinski definition) is 3. The lowest BCUT2D eigenvalue weighted by molar-refractivity contribution is 0.244. The van der Waals surface area contributed by atoms with Gasteiger partial charge in [0.05, 0.1) is 12.6 Å². The van der Waals surface area contributed by atoms with Crippen LogP contribution in [0, 0.1) is 5.92 Å². The molecule has 94 valence electrons. The molecule has 1 aliphatic heterocycles. The van der Waals surface area contributed by atoms with Gasteiger partial charge in [0.15, 0.2) is 0 Å². The Labute approximate surface area is 103 Å². The van der Waals surface area contributed by atoms with Gasteiger partial charge in [0.25, 0.3) is 0 Å². The minimum Gasteiger partial charge on any atom is -0.394 e. The molecule has 0 bridgehead atoms. The zero-order chi connectivity index (χ0) is 12.4. The summed E-state index contributed by atoms with van der Waals surface area (Å²) < 4.78 is 0. The smallest absolute Gasteiger partial charge is 0.0637 e. The highest BCUT2D eigenvalue weighted by Gasteiger charge is 2.31. The van der Waals surface area contributed by atoms with Crippen molar-refractivity contribution >= 4 is 5.69 Å². The van der Waals surface area contributed by atoms with E-state index in [1.54, 1.807) is 0 Å². The zero-order valence-corrected chi connectivity index (χ0v) is 10.6. The second kappa shape index (κ2) is 5.07. The van der Waals surface area contributed by atoms with Crippen molar-refractivity contribution in [1.29, 1.82) is 0 Å². The number of nitrogens with zero attached hydrogens (tertiary/aromatic N) is 1. The van der Waals surface area contributed by atoms with Crippen molar-refractivity contribution in [2.24, 2.45) is 11.7 Å². The molecule has 3 heteroatoms. The molecule has 1 aliphatic rings. The standard InChI is InChI=1S/C14H22N2O/c1-10-7-8-16(14(10)9-17)13-6-4-3-5-12(13)11(2)15/h3-6,10-11,14,17H,7-9,15H2,1-2H3/t10?,11-,14?/m0/s1. The maximum absolute atomic E-state index is 9.52. The second-order valence-electron chi connectivity index (χ2n) is 5.06. The van der Waals surface area contributed by atoms with Crippen LogP contribution in [-0.2, 0) is 0 Å². The number of aliphatic hydroxyl groups excluding tert-OH is 1. The Morgan fingerprint density at radius 3 is 2.82 bits per heavy atom. The number of anilines is 1. The molecule has 3 N–H and O–H groups in total. The van der Waals surface area contributed by atoms with Crippen molar-refractivity contribution in [2.45, 2.75) is 32.4 Å². The average molecular weight is 234 g/mol. The van der Waals surface area contributed by atoms with Gasteiger partial charge >= 0.3 is 0 Å². The van der Waals surface area contributed by atoms with Crippen LogP contribution in [0.5, 0.6) is 0 Å². The second-order valence-corrected chi connectivity index (χ2v) is 5.06. The molecule has 2 rings (SSSR count). The van der Waals surface area contributed by atoms with Crippen LogP contribution in [-0.4, -0.2) is 24.3 Å². The first-order valence-electron chi connectivity index (χ1n) is 6.37. The number of rotatable bonds is 3. The van der Waals surface area contributed by atoms with Gasteiger partial charge in [-0.25, -0.2) is 0 Å². The fourth-order valence-corrected chi connectivity index (χ4v) is 2.72. The molecule has 1 fully saturated rings. The lowest BCUT2D eigenvalue weighted by atomic mass is 10.0. The van der Waals surface area contributed by atoms with Crippen LogP contribution in [0.4, 0.5) is 5.69 Å². The molecule has 3 atom stereocenters. The van der Waals surface area contributed by atoms with Gasteiger partial charge < -0.3 is 15.7 Å². The predicted octanol–water partition coefficient (Wildman–Crippen LogP) is 1.91. The Hall–Kier alpha value is -1.06. The number of nitrogens with two attached hydrogens (primary N) is 1. The summed E-state index contributed by atoms with van der Waals surface area (Å²) in [5.74, 6) is 0.543. The van der Waals surface area contributed by atoms with Gasteiger partial charge in [-0.2, -0.15) is 0 Å². The fraction of sp³-hybridized carbons (Fsp3) is 0.571. The predicted molar refractivity (Wildman–Crippen MR) is 71.0 cm³/mol. The summed E-state index contributed by atoms with van der Waals surface area (Å²) in [6, 6.07) is 8.52. The largest absolute Gasteiger partial charge is 0.394 e. The maximum Gasteiger partial charge on any atom is 0.0637 e. The van der Waals surface area contributed by atoms with Gasteiger partial charge in [-0.1, -0.05) is 25.1 Å². The van der Waals surface area contributed by atoms with E-state index in [4.69, 9.17) is 5.73 Å². The molecule has 0 radical (unpaired) electrons. The van der Waals surface area contributed by atoms with Gasteiger partial charge in [0.1, 0.15) is 0 Å². The highest BCUT2D eigenvalue weighted by atomic mass is 16.3. The molecule has 3 nitrogen and oxygen atoms in total. The van der Waals surface area contributed by atoms with Crippen molar-refractivity contribution in [2.75, 3.05) is 18.1 Å². The molecule has 2 unspecified atom stereocenters. The first kappa shape index (κ1) is 12.4. The number of para-hydroxylation sites is 1. The van der Waals surface area contributed by atoms with E-state index in [1.165, 1.54) is 11.3 Å². The molecule has 1 heterocycles. The summed E-state index contributed by atoms with van der Waals surface area (Å²) in [4.78, 5) is 2.31. The SMILES string of the molecule is CC1CCN(c2ccccc2[C@H](C)N)C1CO. The van der Waals surface area contributed by atoms with Crippen LogP contribution in [0.15, 0.2) is 24.3 Å². The molecule has 1 saturated heterocycles. The summed E-state index contributed by atoms with van der Waals surface area (Å²) in [5, 5.41) is 9.52. The van der Waals surface area contributed by atoms with Gasteiger partial charge in [-0.15, -0.1) is 0 Å². The van der Waals surface area contributed by atoms with E-state index < -0.39 is 0 Å². The van der Waals surface area contributed by atoms with E-state index in [0.717, 1.165) is 13.0 Å². The first-order chi connectivity index (χ1) is 8.15. The normalized spacial score (nSPS) is 26.2. The van der Waals surface area contributed by atoms with E-state index in [2.05, 4.69) is 24.0 Å². The van der Waals surface area contributed by atoms with E-state index in [1.807, 2.05) is 19.1 Å². The zero-order valence-electron chi connectivity index (χ0n) is 10.6. The molecule has 0 aromatic heterocycles. The van der Waals surface area contributed by atoms with Crippen molar-refractivity contribution in [1.82, 2.24) is 0 Å². The Morgan fingerprint density at radius 2 is 2.18 bits per heavy atom. The first-order valence-corrected chi connectivity index (χ1v) is 6.37. The Kier molecular flexibility index (Phi) is 3.69. The summed E-state index contributed by atoms with van der Waals surface area (Å²) >= 11 is 0. The molecule has 0 aliphatic carbocycles. The summed E-state index contributed by atoms with van der Waals surface area (Å²) in [6.07, 6.45) is 1.14. The third-order valence-electron chi connectivity index (χ3n) is 3.81. The highest BCUT2D eigenvalue weighted by molar-refractivity contribution is 5.56. The Balaban J connectivity index is 2.33. The van der Waals surface area contributed by atoms with Crippen LogP contribution in [0.1, 0.15) is 31.9 Å². The molecule has 0 spiro atoms. The quantitative estimate of drug-likeness (QED) is 0.840. The van der Waals surface area contributed by atoms with Gasteiger partial charge in [0, 0.05) is 18.3 Å². The minimum absolute atomic E-state index is 0.0291. The molecule has 17 heavy (non-hydrogen) atoms. The lowest BCUT2D eigenvalue weighted by Crippen LogP contribution is -2.36. The summed E-state index contributed by atoms with van der Waals surface area (Å²) in [6.45, 7) is 5.44. The van der Waals surface area contributed by atoms with Crippen LogP contribution in [0.2, 0.25) is 0 Å². The fourth-order valence-electron chi connectivity index (χ4n) is 2.72. The molecule has 0 amide bonds. The number of aliphatic hydroxyl groups is 1. The number of benzene rings is 1. The van der Waals surface area contributed by atoms with Gasteiger partial charge in [-0.3, -0.25) is 0 Å². The van der Waals surface area contributed by atoms with Crippen LogP contribution in [0.25, 0.3) is 0 Å². The van der Waals surface area contributed by atoms with Crippen LogP contribution < -0.4 is 10.6 Å². The molecular formula is C14H22N2O. The van der Waals surface area contributed by atoms with Crippen molar-refractivity contribution in [3.63, 3.8) is 0 Å². The summed E-state index contributed by atoms with van der Waals surface area (Å²) in [7, 11) is 0. The molecule has 0 saturated carbocycles. The monoisotopic (exact) mass is 234 g/mol. The maximum atomic E-state index is 9.52. The topological polar surface area (TPSA) is 49.5 Å². The third-order valence-corrected chi connectivity index (χ3v) is 3.81. The Morgan fingerprint density at radius 1 is 1.47 bits per heavy atom. The minimum atomic E-state index is 0.0291. The van der Waals surface area contributed by atoms with Crippen molar-refractivity contribution in [3.05, 3.63) is 29.8 Å². The van der Waals surface area contributed by atoms with E-state index in [-0.39, 0.29) is 18.7 Å². The third kappa shape index (κ3) is 2.31. The Bertz CT molecular complexity index is 378. The van der Waals surface area contributed by atoms with E-state index in [9.17, 15) is 5.11 Å². The molecule has 1 aromatic carbocycles. The van der Waals surface area contributed by atoms with Gasteiger partial charge in [0.2, 0.25) is 0 Å². The van der Waals surface area contributed by atoms with Crippen molar-refractivity contribution < 1.29 is 5.11 Å².